The standard InChI is InChI=1S/C14H12BrClFNO/c15-9-4-5-10(18-8-9)6-11(19)7-12-13(16)2-1-3-14(12)17/h1-5,8,11,19H,6-7H2. The minimum atomic E-state index is -0.719. The van der Waals surface area contributed by atoms with Gasteiger partial charge in [0, 0.05) is 39.8 Å². The molecule has 2 nitrogen and oxygen atoms in total. The quantitative estimate of drug-likeness (QED) is 0.915. The van der Waals surface area contributed by atoms with Crippen molar-refractivity contribution < 1.29 is 9.50 Å². The van der Waals surface area contributed by atoms with E-state index in [-0.39, 0.29) is 6.42 Å². The van der Waals surface area contributed by atoms with Crippen molar-refractivity contribution in [3.8, 4) is 0 Å². The molecule has 1 aromatic heterocycles. The van der Waals surface area contributed by atoms with Crippen molar-refractivity contribution in [2.24, 2.45) is 0 Å². The molecule has 0 fully saturated rings. The second-order valence-electron chi connectivity index (χ2n) is 4.23. The Labute approximate surface area is 124 Å². The normalized spacial score (nSPS) is 12.4. The lowest BCUT2D eigenvalue weighted by atomic mass is 10.0. The summed E-state index contributed by atoms with van der Waals surface area (Å²) in [6.45, 7) is 0. The van der Waals surface area contributed by atoms with E-state index in [9.17, 15) is 9.50 Å². The number of aromatic nitrogens is 1. The molecule has 0 amide bonds. The number of benzene rings is 1. The van der Waals surface area contributed by atoms with Gasteiger partial charge in [-0.3, -0.25) is 4.98 Å². The summed E-state index contributed by atoms with van der Waals surface area (Å²) in [5.74, 6) is -0.393. The van der Waals surface area contributed by atoms with Crippen molar-refractivity contribution in [1.82, 2.24) is 4.98 Å². The monoisotopic (exact) mass is 343 g/mol. The third kappa shape index (κ3) is 4.00. The molecule has 5 heteroatoms. The van der Waals surface area contributed by atoms with Crippen molar-refractivity contribution in [1.29, 1.82) is 0 Å². The summed E-state index contributed by atoms with van der Waals surface area (Å²) >= 11 is 9.22. The molecule has 0 saturated carbocycles. The van der Waals surface area contributed by atoms with E-state index >= 15 is 0 Å². The smallest absolute Gasteiger partial charge is 0.127 e. The zero-order valence-corrected chi connectivity index (χ0v) is 12.3. The van der Waals surface area contributed by atoms with Gasteiger partial charge in [0.25, 0.3) is 0 Å². The van der Waals surface area contributed by atoms with Gasteiger partial charge in [-0.25, -0.2) is 4.39 Å². The summed E-state index contributed by atoms with van der Waals surface area (Å²) in [6.07, 6.45) is 1.47. The Morgan fingerprint density at radius 1 is 1.26 bits per heavy atom. The molecule has 0 saturated heterocycles. The molecule has 1 aromatic carbocycles. The number of hydrogen-bond donors (Lipinski definition) is 1. The molecule has 0 radical (unpaired) electrons. The molecule has 1 unspecified atom stereocenters. The third-order valence-corrected chi connectivity index (χ3v) is 3.56. The average Bonchev–Trinajstić information content (AvgIpc) is 2.37. The lowest BCUT2D eigenvalue weighted by Crippen LogP contribution is -2.16. The van der Waals surface area contributed by atoms with Crippen LogP contribution in [0.3, 0.4) is 0 Å². The maximum Gasteiger partial charge on any atom is 0.127 e. The maximum absolute atomic E-state index is 13.6. The summed E-state index contributed by atoms with van der Waals surface area (Å²) in [6, 6.07) is 8.17. The molecule has 0 aliphatic carbocycles. The average molecular weight is 345 g/mol. The zero-order valence-electron chi connectivity index (χ0n) is 9.98. The van der Waals surface area contributed by atoms with Crippen LogP contribution in [0.4, 0.5) is 4.39 Å². The van der Waals surface area contributed by atoms with Gasteiger partial charge < -0.3 is 5.11 Å². The lowest BCUT2D eigenvalue weighted by Gasteiger charge is -2.12. The number of nitrogens with zero attached hydrogens (tertiary/aromatic N) is 1. The van der Waals surface area contributed by atoms with Crippen molar-refractivity contribution in [2.45, 2.75) is 18.9 Å². The Morgan fingerprint density at radius 2 is 2.05 bits per heavy atom. The summed E-state index contributed by atoms with van der Waals surface area (Å²) < 4.78 is 14.5. The molecule has 1 atom stereocenters. The first kappa shape index (κ1) is 14.4. The van der Waals surface area contributed by atoms with Crippen molar-refractivity contribution in [3.63, 3.8) is 0 Å². The number of aliphatic hydroxyl groups excluding tert-OH is 1. The Balaban J connectivity index is 2.05. The predicted octanol–water partition coefficient (Wildman–Crippen LogP) is 3.78. The minimum absolute atomic E-state index is 0.170. The molecule has 0 aliphatic rings. The van der Waals surface area contributed by atoms with Gasteiger partial charge in [0.05, 0.1) is 6.10 Å². The fourth-order valence-corrected chi connectivity index (χ4v) is 2.28. The van der Waals surface area contributed by atoms with Gasteiger partial charge in [-0.05, 0) is 40.2 Å². The van der Waals surface area contributed by atoms with Crippen LogP contribution in [0.5, 0.6) is 0 Å². The maximum atomic E-state index is 13.6. The number of rotatable bonds is 4. The Hall–Kier alpha value is -0.970. The van der Waals surface area contributed by atoms with Crippen LogP contribution in [-0.4, -0.2) is 16.2 Å². The molecule has 0 aliphatic heterocycles. The number of pyridine rings is 1. The highest BCUT2D eigenvalue weighted by Crippen LogP contribution is 2.21. The summed E-state index contributed by atoms with van der Waals surface area (Å²) in [5.41, 5.74) is 1.09. The van der Waals surface area contributed by atoms with Crippen LogP contribution in [-0.2, 0) is 12.8 Å². The molecule has 1 N–H and O–H groups in total. The molecule has 100 valence electrons. The highest BCUT2D eigenvalue weighted by atomic mass is 79.9. The van der Waals surface area contributed by atoms with Gasteiger partial charge in [-0.15, -0.1) is 0 Å². The summed E-state index contributed by atoms with van der Waals surface area (Å²) in [4.78, 5) is 4.17. The highest BCUT2D eigenvalue weighted by Gasteiger charge is 2.13. The first-order valence-electron chi connectivity index (χ1n) is 5.77. The number of hydrogen-bond acceptors (Lipinski definition) is 2. The molecule has 0 bridgehead atoms. The molecular weight excluding hydrogens is 333 g/mol. The van der Waals surface area contributed by atoms with Crippen LogP contribution in [0, 0.1) is 5.82 Å². The highest BCUT2D eigenvalue weighted by molar-refractivity contribution is 9.10. The van der Waals surface area contributed by atoms with Gasteiger partial charge in [0.15, 0.2) is 0 Å². The summed E-state index contributed by atoms with van der Waals surface area (Å²) in [5, 5.41) is 10.3. The molecular formula is C14H12BrClFNO. The van der Waals surface area contributed by atoms with Crippen LogP contribution < -0.4 is 0 Å². The fourth-order valence-electron chi connectivity index (χ4n) is 1.80. The Morgan fingerprint density at radius 3 is 2.68 bits per heavy atom. The van der Waals surface area contributed by atoms with Gasteiger partial charge in [-0.1, -0.05) is 17.7 Å². The van der Waals surface area contributed by atoms with Gasteiger partial charge >= 0.3 is 0 Å². The molecule has 2 aromatic rings. The third-order valence-electron chi connectivity index (χ3n) is 2.73. The topological polar surface area (TPSA) is 33.1 Å². The van der Waals surface area contributed by atoms with Crippen LogP contribution in [0.2, 0.25) is 5.02 Å². The SMILES string of the molecule is OC(Cc1ccc(Br)cn1)Cc1c(F)cccc1Cl. The molecule has 19 heavy (non-hydrogen) atoms. The van der Waals surface area contributed by atoms with Crippen molar-refractivity contribution in [2.75, 3.05) is 0 Å². The van der Waals surface area contributed by atoms with E-state index in [1.54, 1.807) is 18.3 Å². The Kier molecular flexibility index (Phi) is 4.91. The zero-order chi connectivity index (χ0) is 13.8. The number of halogens is 3. The first-order valence-corrected chi connectivity index (χ1v) is 6.94. The van der Waals surface area contributed by atoms with E-state index < -0.39 is 11.9 Å². The summed E-state index contributed by atoms with van der Waals surface area (Å²) in [7, 11) is 0. The molecule has 2 rings (SSSR count). The fraction of sp³-hybridized carbons (Fsp3) is 0.214. The lowest BCUT2D eigenvalue weighted by molar-refractivity contribution is 0.173. The van der Waals surface area contributed by atoms with Crippen molar-refractivity contribution in [3.05, 3.63) is 63.1 Å². The van der Waals surface area contributed by atoms with Crippen LogP contribution in [0.15, 0.2) is 41.0 Å². The first-order chi connectivity index (χ1) is 9.06. The van der Waals surface area contributed by atoms with Crippen LogP contribution in [0.1, 0.15) is 11.3 Å². The second kappa shape index (κ2) is 6.46. The van der Waals surface area contributed by atoms with Gasteiger partial charge in [0.1, 0.15) is 5.82 Å². The van der Waals surface area contributed by atoms with E-state index in [0.29, 0.717) is 17.0 Å². The molecule has 1 heterocycles. The van der Waals surface area contributed by atoms with Gasteiger partial charge in [0.2, 0.25) is 0 Å². The van der Waals surface area contributed by atoms with Crippen LogP contribution in [0.25, 0.3) is 0 Å². The largest absolute Gasteiger partial charge is 0.392 e. The molecule has 0 spiro atoms. The van der Waals surface area contributed by atoms with Crippen LogP contribution >= 0.6 is 27.5 Å². The van der Waals surface area contributed by atoms with Crippen molar-refractivity contribution >= 4 is 27.5 Å². The van der Waals surface area contributed by atoms with E-state index in [0.717, 1.165) is 10.2 Å². The predicted molar refractivity (Wildman–Crippen MR) is 76.8 cm³/mol. The Bertz CT molecular complexity index is 542. The second-order valence-corrected chi connectivity index (χ2v) is 5.55. The van der Waals surface area contributed by atoms with E-state index in [2.05, 4.69) is 20.9 Å². The van der Waals surface area contributed by atoms with E-state index in [4.69, 9.17) is 11.6 Å². The van der Waals surface area contributed by atoms with E-state index in [1.165, 1.54) is 6.07 Å². The minimum Gasteiger partial charge on any atom is -0.392 e. The number of aliphatic hydroxyl groups is 1. The van der Waals surface area contributed by atoms with E-state index in [1.807, 2.05) is 12.1 Å². The van der Waals surface area contributed by atoms with Gasteiger partial charge in [-0.2, -0.15) is 0 Å².